The molecule has 1 aromatic heterocycles. The lowest BCUT2D eigenvalue weighted by atomic mass is 10.1. The van der Waals surface area contributed by atoms with E-state index in [1.807, 2.05) is 91.0 Å². The number of carboxylic acid groups (broad SMARTS) is 2. The van der Waals surface area contributed by atoms with Crippen molar-refractivity contribution in [2.45, 2.75) is 31.5 Å². The van der Waals surface area contributed by atoms with Gasteiger partial charge in [-0.3, -0.25) is 0 Å². The lowest BCUT2D eigenvalue weighted by molar-refractivity contribution is -0.138. The summed E-state index contributed by atoms with van der Waals surface area (Å²) >= 11 is 0. The highest BCUT2D eigenvalue weighted by molar-refractivity contribution is 5.78. The molecule has 0 spiro atoms. The first-order valence-corrected chi connectivity index (χ1v) is 12.1. The first-order valence-electron chi connectivity index (χ1n) is 12.1. The van der Waals surface area contributed by atoms with Gasteiger partial charge in [0, 0.05) is 19.4 Å². The lowest BCUT2D eigenvalue weighted by Gasteiger charge is -2.18. The number of hydrogen-bond acceptors (Lipinski definition) is 8. The number of hydrogen-bond donors (Lipinski definition) is 5. The molecule has 0 aliphatic rings. The Labute approximate surface area is 219 Å². The fraction of sp³-hybridized carbons (Fsp3) is 0.179. The van der Waals surface area contributed by atoms with Gasteiger partial charge in [-0.25, -0.2) is 9.59 Å². The number of carbonyl (C=O) groups is 2. The van der Waals surface area contributed by atoms with Crippen molar-refractivity contribution >= 4 is 29.8 Å². The van der Waals surface area contributed by atoms with Crippen LogP contribution >= 0.6 is 0 Å². The summed E-state index contributed by atoms with van der Waals surface area (Å²) < 4.78 is 0. The van der Waals surface area contributed by atoms with Gasteiger partial charge >= 0.3 is 11.9 Å². The zero-order valence-electron chi connectivity index (χ0n) is 20.5. The summed E-state index contributed by atoms with van der Waals surface area (Å²) in [5, 5.41) is 28.5. The zero-order chi connectivity index (χ0) is 26.7. The van der Waals surface area contributed by atoms with E-state index in [9.17, 15) is 19.8 Å². The van der Waals surface area contributed by atoms with Crippen molar-refractivity contribution in [2.24, 2.45) is 0 Å². The molecule has 0 saturated heterocycles. The Morgan fingerprint density at radius 2 is 0.947 bits per heavy atom. The Morgan fingerprint density at radius 3 is 1.34 bits per heavy atom. The van der Waals surface area contributed by atoms with E-state index in [1.54, 1.807) is 0 Å². The van der Waals surface area contributed by atoms with Crippen molar-refractivity contribution in [3.8, 4) is 0 Å². The summed E-state index contributed by atoms with van der Waals surface area (Å²) in [6.07, 6.45) is 0.395. The van der Waals surface area contributed by atoms with Gasteiger partial charge in [-0.05, 0) is 16.7 Å². The van der Waals surface area contributed by atoms with Crippen LogP contribution in [0.4, 0.5) is 17.8 Å². The normalized spacial score (nSPS) is 12.2. The zero-order valence-corrected chi connectivity index (χ0v) is 20.5. The third-order valence-electron chi connectivity index (χ3n) is 5.70. The smallest absolute Gasteiger partial charge is 0.326 e. The highest BCUT2D eigenvalue weighted by Crippen LogP contribution is 2.16. The van der Waals surface area contributed by atoms with Crippen LogP contribution in [0, 0.1) is 0 Å². The molecule has 0 fully saturated rings. The van der Waals surface area contributed by atoms with Crippen LogP contribution in [-0.4, -0.2) is 49.2 Å². The van der Waals surface area contributed by atoms with Gasteiger partial charge in [0.05, 0.1) is 0 Å². The van der Waals surface area contributed by atoms with Crippen LogP contribution in [0.2, 0.25) is 0 Å². The third-order valence-corrected chi connectivity index (χ3v) is 5.70. The van der Waals surface area contributed by atoms with Crippen LogP contribution in [-0.2, 0) is 29.0 Å². The molecule has 3 aromatic carbocycles. The maximum absolute atomic E-state index is 12.0. The number of benzene rings is 3. The predicted octanol–water partition coefficient (Wildman–Crippen LogP) is 3.70. The molecule has 0 saturated carbocycles. The average molecular weight is 513 g/mol. The van der Waals surface area contributed by atoms with E-state index in [4.69, 9.17) is 0 Å². The van der Waals surface area contributed by atoms with Crippen molar-refractivity contribution in [3.63, 3.8) is 0 Å². The van der Waals surface area contributed by atoms with E-state index in [0.717, 1.165) is 16.7 Å². The van der Waals surface area contributed by atoms with Crippen molar-refractivity contribution in [2.75, 3.05) is 16.0 Å². The molecule has 38 heavy (non-hydrogen) atoms. The molecule has 0 bridgehead atoms. The van der Waals surface area contributed by atoms with Crippen molar-refractivity contribution in [1.29, 1.82) is 0 Å². The quantitative estimate of drug-likeness (QED) is 0.179. The van der Waals surface area contributed by atoms with E-state index in [2.05, 4.69) is 30.9 Å². The van der Waals surface area contributed by atoms with Gasteiger partial charge in [0.25, 0.3) is 0 Å². The van der Waals surface area contributed by atoms with Crippen LogP contribution in [0.25, 0.3) is 0 Å². The molecule has 10 heteroatoms. The number of carboxylic acids is 2. The van der Waals surface area contributed by atoms with Crippen LogP contribution in [0.1, 0.15) is 16.7 Å². The fourth-order valence-corrected chi connectivity index (χ4v) is 3.77. The van der Waals surface area contributed by atoms with Gasteiger partial charge < -0.3 is 26.2 Å². The maximum atomic E-state index is 12.0. The number of anilines is 3. The first kappa shape index (κ1) is 26.1. The molecule has 194 valence electrons. The minimum atomic E-state index is -1.07. The Morgan fingerprint density at radius 1 is 0.579 bits per heavy atom. The van der Waals surface area contributed by atoms with Gasteiger partial charge in [0.2, 0.25) is 17.8 Å². The standard InChI is InChI=1S/C28H28N6O4/c35-24(36)22(16-19-10-4-1-5-11-19)30-27-32-26(29-18-21-14-8-3-9-15-21)33-28(34-27)31-23(25(37)38)17-20-12-6-2-7-13-20/h1-15,22-23H,16-18H2,(H,35,36)(H,37,38)(H3,29,30,31,32,33,34)/t22-,23-/m0/s1. The van der Waals surface area contributed by atoms with Crippen LogP contribution in [0.3, 0.4) is 0 Å². The van der Waals surface area contributed by atoms with Crippen LogP contribution < -0.4 is 16.0 Å². The Bertz CT molecular complexity index is 1260. The Balaban J connectivity index is 1.59. The minimum absolute atomic E-state index is 0.00485. The van der Waals surface area contributed by atoms with E-state index in [-0.39, 0.29) is 30.7 Å². The molecule has 0 aliphatic heterocycles. The van der Waals surface area contributed by atoms with E-state index in [0.29, 0.717) is 6.54 Å². The molecule has 4 aromatic rings. The molecular formula is C28H28N6O4. The van der Waals surface area contributed by atoms with Crippen LogP contribution in [0.5, 0.6) is 0 Å². The van der Waals surface area contributed by atoms with E-state index < -0.39 is 24.0 Å². The van der Waals surface area contributed by atoms with Gasteiger partial charge in [0.15, 0.2) is 0 Å². The number of nitrogens with one attached hydrogen (secondary N) is 3. The number of aliphatic carboxylic acids is 2. The third kappa shape index (κ3) is 7.76. The van der Waals surface area contributed by atoms with Gasteiger partial charge in [-0.15, -0.1) is 0 Å². The summed E-state index contributed by atoms with van der Waals surface area (Å²) in [6, 6.07) is 26.0. The Kier molecular flexibility index (Phi) is 8.80. The SMILES string of the molecule is O=C(O)[C@H](Cc1ccccc1)Nc1nc(NCc2ccccc2)nc(N[C@@H](Cc2ccccc2)C(=O)O)n1. The summed E-state index contributed by atoms with van der Waals surface area (Å²) in [5.41, 5.74) is 2.64. The summed E-state index contributed by atoms with van der Waals surface area (Å²) in [7, 11) is 0. The molecule has 10 nitrogen and oxygen atoms in total. The highest BCUT2D eigenvalue weighted by atomic mass is 16.4. The summed E-state index contributed by atoms with van der Waals surface area (Å²) in [5.74, 6) is -1.97. The first-order chi connectivity index (χ1) is 18.5. The molecule has 0 amide bonds. The van der Waals surface area contributed by atoms with Gasteiger partial charge in [-0.1, -0.05) is 91.0 Å². The fourth-order valence-electron chi connectivity index (χ4n) is 3.77. The number of aromatic nitrogens is 3. The molecule has 2 atom stereocenters. The molecule has 5 N–H and O–H groups in total. The topological polar surface area (TPSA) is 149 Å². The second-order valence-corrected chi connectivity index (χ2v) is 8.60. The largest absolute Gasteiger partial charge is 0.480 e. The summed E-state index contributed by atoms with van der Waals surface area (Å²) in [4.78, 5) is 37.0. The average Bonchev–Trinajstić information content (AvgIpc) is 2.93. The molecule has 4 rings (SSSR count). The molecule has 0 radical (unpaired) electrons. The van der Waals surface area contributed by atoms with Crippen LogP contribution in [0.15, 0.2) is 91.0 Å². The highest BCUT2D eigenvalue weighted by Gasteiger charge is 2.23. The Hall–Kier alpha value is -4.99. The maximum Gasteiger partial charge on any atom is 0.326 e. The van der Waals surface area contributed by atoms with Crippen molar-refractivity contribution in [3.05, 3.63) is 108 Å². The number of rotatable bonds is 13. The molecule has 1 heterocycles. The van der Waals surface area contributed by atoms with Gasteiger partial charge in [-0.2, -0.15) is 15.0 Å². The monoisotopic (exact) mass is 512 g/mol. The van der Waals surface area contributed by atoms with Crippen molar-refractivity contribution in [1.82, 2.24) is 15.0 Å². The second-order valence-electron chi connectivity index (χ2n) is 8.60. The van der Waals surface area contributed by atoms with Gasteiger partial charge in [0.1, 0.15) is 12.1 Å². The minimum Gasteiger partial charge on any atom is -0.480 e. The second kappa shape index (κ2) is 12.8. The van der Waals surface area contributed by atoms with E-state index in [1.165, 1.54) is 0 Å². The van der Waals surface area contributed by atoms with Crippen molar-refractivity contribution < 1.29 is 19.8 Å². The lowest BCUT2D eigenvalue weighted by Crippen LogP contribution is -2.34. The molecule has 0 aliphatic carbocycles. The van der Waals surface area contributed by atoms with E-state index >= 15 is 0 Å². The number of nitrogens with zero attached hydrogens (tertiary/aromatic N) is 3. The molecular weight excluding hydrogens is 484 g/mol. The molecule has 0 unspecified atom stereocenters. The predicted molar refractivity (Wildman–Crippen MR) is 144 cm³/mol. The summed E-state index contributed by atoms with van der Waals surface area (Å²) in [6.45, 7) is 0.405.